The predicted octanol–water partition coefficient (Wildman–Crippen LogP) is 3.01. The number of primary amides is 1. The molecule has 0 unspecified atom stereocenters. The Balaban J connectivity index is 0.00000233. The fraction of sp³-hybridized carbons (Fsp3) is 0.647. The maximum atomic E-state index is 12.9. The van der Waals surface area contributed by atoms with Crippen molar-refractivity contribution in [3.05, 3.63) is 35.9 Å². The Labute approximate surface area is 279 Å². The van der Waals surface area contributed by atoms with Gasteiger partial charge < -0.3 is 46.3 Å². The molecule has 0 fully saturated rings. The van der Waals surface area contributed by atoms with Gasteiger partial charge in [-0.1, -0.05) is 33.8 Å². The first-order valence-electron chi connectivity index (χ1n) is 15.8. The van der Waals surface area contributed by atoms with Gasteiger partial charge in [-0.3, -0.25) is 9.59 Å². The number of methoxy groups -OCH3 is 2. The van der Waals surface area contributed by atoms with Crippen molar-refractivity contribution in [2.24, 2.45) is 40.6 Å². The Kier molecular flexibility index (Phi) is 20.3. The number of carbonyl (C=O) groups excluding carboxylic acids is 2. The second kappa shape index (κ2) is 22.0. The lowest BCUT2D eigenvalue weighted by molar-refractivity contribution is -0.134. The van der Waals surface area contributed by atoms with E-state index in [4.69, 9.17) is 35.9 Å². The maximum Gasteiger partial charge on any atom is 0.328 e. The summed E-state index contributed by atoms with van der Waals surface area (Å²) in [4.78, 5) is 43.7. The number of carboxylic acids is 2. The highest BCUT2D eigenvalue weighted by molar-refractivity contribution is 5.89. The molecule has 1 aromatic carbocycles. The molecule has 2 amide bonds. The Morgan fingerprint density at radius 1 is 0.936 bits per heavy atom. The van der Waals surface area contributed by atoms with Crippen molar-refractivity contribution < 1.29 is 48.7 Å². The summed E-state index contributed by atoms with van der Waals surface area (Å²) in [5.74, 6) is -1.72. The van der Waals surface area contributed by atoms with Gasteiger partial charge in [-0.2, -0.15) is 0 Å². The summed E-state index contributed by atoms with van der Waals surface area (Å²) in [6.07, 6.45) is 2.68. The van der Waals surface area contributed by atoms with Crippen LogP contribution in [0.5, 0.6) is 11.5 Å². The third-order valence-electron chi connectivity index (χ3n) is 7.87. The monoisotopic (exact) mass is 667 g/mol. The molecule has 0 aliphatic carbocycles. The van der Waals surface area contributed by atoms with E-state index >= 15 is 0 Å². The van der Waals surface area contributed by atoms with Crippen LogP contribution in [-0.2, 0) is 30.3 Å². The SMILES string of the molecule is COCCCOc1cc(C[C@@H](C[C@H](N)[C@@H](O)C[C@H](C(=O)NCC(C)(C)C(N)=O)C(C)C)C(C)C)ccc1OC.O=C(O)C=CC(=O)O. The lowest BCUT2D eigenvalue weighted by Gasteiger charge is -2.30. The van der Waals surface area contributed by atoms with Gasteiger partial charge in [0.1, 0.15) is 0 Å². The largest absolute Gasteiger partial charge is 0.493 e. The molecule has 8 N–H and O–H groups in total. The molecule has 4 atom stereocenters. The van der Waals surface area contributed by atoms with Crippen LogP contribution in [-0.4, -0.2) is 85.2 Å². The van der Waals surface area contributed by atoms with E-state index in [2.05, 4.69) is 19.2 Å². The molecule has 268 valence electrons. The Morgan fingerprint density at radius 2 is 1.53 bits per heavy atom. The van der Waals surface area contributed by atoms with Gasteiger partial charge in [-0.15, -0.1) is 0 Å². The molecule has 0 saturated carbocycles. The lowest BCUT2D eigenvalue weighted by atomic mass is 9.80. The fourth-order valence-electron chi connectivity index (χ4n) is 4.53. The van der Waals surface area contributed by atoms with Crippen LogP contribution < -0.4 is 26.3 Å². The number of hydrogen-bond donors (Lipinski definition) is 6. The molecule has 0 aliphatic heterocycles. The number of carbonyl (C=O) groups is 4. The molecule has 1 aromatic rings. The average molecular weight is 668 g/mol. The van der Waals surface area contributed by atoms with E-state index in [9.17, 15) is 24.3 Å². The molecular formula is C34H57N3O10. The third-order valence-corrected chi connectivity index (χ3v) is 7.87. The molecule has 0 spiro atoms. The predicted molar refractivity (Wildman–Crippen MR) is 179 cm³/mol. The van der Waals surface area contributed by atoms with Crippen molar-refractivity contribution in [1.29, 1.82) is 0 Å². The molecule has 0 bridgehead atoms. The number of hydrogen-bond acceptors (Lipinski definition) is 9. The number of rotatable bonds is 21. The maximum absolute atomic E-state index is 12.9. The van der Waals surface area contributed by atoms with Crippen LogP contribution in [0, 0.1) is 29.1 Å². The quantitative estimate of drug-likeness (QED) is 0.0826. The third kappa shape index (κ3) is 17.7. The summed E-state index contributed by atoms with van der Waals surface area (Å²) >= 11 is 0. The zero-order valence-electron chi connectivity index (χ0n) is 29.2. The molecule has 13 heteroatoms. The summed E-state index contributed by atoms with van der Waals surface area (Å²) < 4.78 is 16.5. The molecule has 0 aliphatic rings. The normalized spacial score (nSPS) is 14.1. The number of ether oxygens (including phenoxy) is 3. The molecule has 0 aromatic heterocycles. The van der Waals surface area contributed by atoms with Crippen LogP contribution in [0.4, 0.5) is 0 Å². The van der Waals surface area contributed by atoms with E-state index in [-0.39, 0.29) is 30.7 Å². The highest BCUT2D eigenvalue weighted by atomic mass is 16.5. The summed E-state index contributed by atoms with van der Waals surface area (Å²) in [5.41, 5.74) is 12.2. The number of aliphatic carboxylic acids is 2. The van der Waals surface area contributed by atoms with Gasteiger partial charge in [0.05, 0.1) is 25.2 Å². The van der Waals surface area contributed by atoms with Crippen LogP contribution >= 0.6 is 0 Å². The van der Waals surface area contributed by atoms with E-state index in [1.807, 2.05) is 32.0 Å². The summed E-state index contributed by atoms with van der Waals surface area (Å²) in [6, 6.07) is 5.47. The highest BCUT2D eigenvalue weighted by Gasteiger charge is 2.32. The van der Waals surface area contributed by atoms with Gasteiger partial charge in [-0.05, 0) is 68.6 Å². The summed E-state index contributed by atoms with van der Waals surface area (Å²) in [6.45, 7) is 12.9. The van der Waals surface area contributed by atoms with Gasteiger partial charge in [0.2, 0.25) is 11.8 Å². The van der Waals surface area contributed by atoms with Crippen LogP contribution in [0.15, 0.2) is 30.4 Å². The second-order valence-electron chi connectivity index (χ2n) is 12.9. The van der Waals surface area contributed by atoms with Crippen LogP contribution in [0.25, 0.3) is 0 Å². The van der Waals surface area contributed by atoms with Crippen molar-refractivity contribution in [2.75, 3.05) is 34.0 Å². The highest BCUT2D eigenvalue weighted by Crippen LogP contribution is 2.32. The standard InChI is InChI=1S/C30H53N3O6.C4H4O4/c1-19(2)22(14-21-10-11-26(38-8)27(15-21)39-13-9-12-37-7)16-24(31)25(34)17-23(20(3)4)28(35)33-18-30(5,6)29(32)36;5-3(6)1-2-4(7)8/h10-11,15,19-20,22-25,34H,9,12-14,16-18,31H2,1-8H3,(H2,32,36)(H,33,35);1-2H,(H,5,6)(H,7,8)/t22-,23-,24-,25-;/m0./s1. The Morgan fingerprint density at radius 3 is 2.00 bits per heavy atom. The summed E-state index contributed by atoms with van der Waals surface area (Å²) in [7, 11) is 3.29. The molecule has 1 rings (SSSR count). The minimum atomic E-state index is -1.26. The van der Waals surface area contributed by atoms with E-state index < -0.39 is 41.3 Å². The Bertz CT molecular complexity index is 1140. The molecule has 0 saturated heterocycles. The molecule has 0 radical (unpaired) electrons. The van der Waals surface area contributed by atoms with Crippen molar-refractivity contribution in [2.45, 2.75) is 79.4 Å². The number of benzene rings is 1. The van der Waals surface area contributed by atoms with E-state index in [1.54, 1.807) is 28.1 Å². The van der Waals surface area contributed by atoms with Gasteiger partial charge >= 0.3 is 11.9 Å². The zero-order chi connectivity index (χ0) is 36.3. The van der Waals surface area contributed by atoms with Crippen molar-refractivity contribution in [1.82, 2.24) is 5.32 Å². The fourth-order valence-corrected chi connectivity index (χ4v) is 4.53. The average Bonchev–Trinajstić information content (AvgIpc) is 2.99. The zero-order valence-corrected chi connectivity index (χ0v) is 29.2. The first-order chi connectivity index (χ1) is 21.9. The van der Waals surface area contributed by atoms with Crippen molar-refractivity contribution in [3.8, 4) is 11.5 Å². The van der Waals surface area contributed by atoms with Crippen molar-refractivity contribution >= 4 is 23.8 Å². The number of nitrogens with two attached hydrogens (primary N) is 2. The molecule has 0 heterocycles. The number of aliphatic hydroxyl groups excluding tert-OH is 1. The molecular weight excluding hydrogens is 610 g/mol. The van der Waals surface area contributed by atoms with Crippen LogP contribution in [0.3, 0.4) is 0 Å². The number of aliphatic hydroxyl groups is 1. The minimum absolute atomic E-state index is 0.00829. The minimum Gasteiger partial charge on any atom is -0.493 e. The molecule has 47 heavy (non-hydrogen) atoms. The van der Waals surface area contributed by atoms with Crippen LogP contribution in [0.1, 0.15) is 66.4 Å². The number of carboxylic acid groups (broad SMARTS) is 2. The topological polar surface area (TPSA) is 221 Å². The number of amides is 2. The summed E-state index contributed by atoms with van der Waals surface area (Å²) in [5, 5.41) is 29.5. The first kappa shape index (κ1) is 43.3. The molecule has 13 nitrogen and oxygen atoms in total. The van der Waals surface area contributed by atoms with Gasteiger partial charge in [-0.25, -0.2) is 9.59 Å². The first-order valence-corrected chi connectivity index (χ1v) is 15.8. The second-order valence-corrected chi connectivity index (χ2v) is 12.9. The Hall–Kier alpha value is -3.68. The van der Waals surface area contributed by atoms with E-state index in [0.717, 1.165) is 18.4 Å². The smallest absolute Gasteiger partial charge is 0.328 e. The van der Waals surface area contributed by atoms with Gasteiger partial charge in [0.25, 0.3) is 0 Å². The number of nitrogens with one attached hydrogen (secondary N) is 1. The van der Waals surface area contributed by atoms with Crippen LogP contribution in [0.2, 0.25) is 0 Å². The lowest BCUT2D eigenvalue weighted by Crippen LogP contribution is -2.46. The van der Waals surface area contributed by atoms with E-state index in [1.165, 1.54) is 0 Å². The van der Waals surface area contributed by atoms with Gasteiger partial charge in [0.15, 0.2) is 11.5 Å². The van der Waals surface area contributed by atoms with Gasteiger partial charge in [0, 0.05) is 50.8 Å². The van der Waals surface area contributed by atoms with E-state index in [0.29, 0.717) is 49.2 Å². The van der Waals surface area contributed by atoms with Crippen molar-refractivity contribution in [3.63, 3.8) is 0 Å².